The van der Waals surface area contributed by atoms with Gasteiger partial charge in [0.25, 0.3) is 0 Å². The Morgan fingerprint density at radius 3 is 2.45 bits per heavy atom. The average molecular weight is 179 g/mol. The molecule has 0 aromatic heterocycles. The van der Waals surface area contributed by atoms with Crippen LogP contribution in [0.15, 0.2) is 0 Å². The van der Waals surface area contributed by atoms with Gasteiger partial charge in [-0.3, -0.25) is 0 Å². The van der Waals surface area contributed by atoms with E-state index in [2.05, 4.69) is 0 Å². The normalized spacial score (nSPS) is 33.4. The second-order valence-electron chi connectivity index (χ2n) is 2.85. The minimum Gasteiger partial charge on any atom is -0.391 e. The maximum atomic E-state index is 10.5. The number of hydrogen-bond donors (Lipinski definition) is 2. The molecule has 4 nitrogen and oxygen atoms in total. The third-order valence-electron chi connectivity index (χ3n) is 2.14. The van der Waals surface area contributed by atoms with Gasteiger partial charge in [0.05, 0.1) is 6.10 Å². The zero-order valence-corrected chi connectivity index (χ0v) is 7.33. The number of β-amino-alcohol motifs (C(OH)–C–C–N with tert-alkyl or cyclic N) is 1. The highest BCUT2D eigenvalue weighted by Crippen LogP contribution is 2.19. The lowest BCUT2D eigenvalue weighted by molar-refractivity contribution is 0.143. The minimum atomic E-state index is -2.49. The quantitative estimate of drug-likeness (QED) is 0.546. The lowest BCUT2D eigenvalue weighted by atomic mass is 10.0. The highest BCUT2D eigenvalue weighted by molar-refractivity contribution is 7.69. The molecule has 1 fully saturated rings. The van der Waals surface area contributed by atoms with Crippen molar-refractivity contribution in [3.63, 3.8) is 0 Å². The lowest BCUT2D eigenvalue weighted by Crippen LogP contribution is -2.19. The van der Waals surface area contributed by atoms with Crippen LogP contribution in [0.3, 0.4) is 0 Å². The van der Waals surface area contributed by atoms with Gasteiger partial charge in [0.2, 0.25) is 10.9 Å². The van der Waals surface area contributed by atoms with Crippen LogP contribution >= 0.6 is 0 Å². The monoisotopic (exact) mass is 179 g/mol. The van der Waals surface area contributed by atoms with Crippen molar-refractivity contribution < 1.29 is 13.5 Å². The van der Waals surface area contributed by atoms with Crippen LogP contribution in [0.4, 0.5) is 0 Å². The standard InChI is InChI=1S/C6H13NO3S/c1-2-5-3-7(11(9)10)4-6(5)8/h5-6,8,11H,2-4H2,1H3. The zero-order chi connectivity index (χ0) is 8.43. The van der Waals surface area contributed by atoms with Gasteiger partial charge in [-0.1, -0.05) is 6.92 Å². The molecule has 0 aromatic rings. The molecule has 5 heteroatoms. The first kappa shape index (κ1) is 8.96. The Morgan fingerprint density at radius 1 is 1.55 bits per heavy atom. The number of hydrogen-bond acceptors (Lipinski definition) is 3. The van der Waals surface area contributed by atoms with E-state index in [1.165, 1.54) is 4.31 Å². The summed E-state index contributed by atoms with van der Waals surface area (Å²) in [6.07, 6.45) is 0.369. The molecule has 1 aliphatic rings. The molecule has 1 N–H and O–H groups in total. The molecule has 2 unspecified atom stereocenters. The molecule has 2 atom stereocenters. The summed E-state index contributed by atoms with van der Waals surface area (Å²) in [5, 5.41) is 9.30. The van der Waals surface area contributed by atoms with Crippen LogP contribution in [0, 0.1) is 5.92 Å². The summed E-state index contributed by atoms with van der Waals surface area (Å²) in [4.78, 5) is 0. The van der Waals surface area contributed by atoms with Crippen LogP contribution in [0.1, 0.15) is 13.3 Å². The summed E-state index contributed by atoms with van der Waals surface area (Å²) in [6, 6.07) is 0. The summed E-state index contributed by atoms with van der Waals surface area (Å²) in [6.45, 7) is 2.71. The van der Waals surface area contributed by atoms with Gasteiger partial charge in [-0.15, -0.1) is 0 Å². The Balaban J connectivity index is 2.56. The van der Waals surface area contributed by atoms with Crippen molar-refractivity contribution in [3.05, 3.63) is 0 Å². The molecular weight excluding hydrogens is 166 g/mol. The smallest absolute Gasteiger partial charge is 0.204 e. The van der Waals surface area contributed by atoms with Crippen molar-refractivity contribution in [2.75, 3.05) is 13.1 Å². The summed E-state index contributed by atoms with van der Waals surface area (Å²) in [7, 11) is -2.49. The predicted molar refractivity (Wildman–Crippen MR) is 41.7 cm³/mol. The molecule has 0 spiro atoms. The third kappa shape index (κ3) is 1.91. The summed E-state index contributed by atoms with van der Waals surface area (Å²) in [5.74, 6) is 0.128. The Bertz CT molecular complexity index is 196. The molecule has 0 amide bonds. The molecule has 0 aromatic carbocycles. The van der Waals surface area contributed by atoms with Gasteiger partial charge in [-0.2, -0.15) is 0 Å². The van der Waals surface area contributed by atoms with Crippen LogP contribution in [0.2, 0.25) is 0 Å². The van der Waals surface area contributed by atoms with Gasteiger partial charge in [-0.05, 0) is 12.3 Å². The van der Waals surface area contributed by atoms with E-state index >= 15 is 0 Å². The third-order valence-corrected chi connectivity index (χ3v) is 2.93. The molecule has 1 rings (SSSR count). The molecule has 0 radical (unpaired) electrons. The first-order valence-corrected chi connectivity index (χ1v) is 4.85. The zero-order valence-electron chi connectivity index (χ0n) is 6.43. The maximum absolute atomic E-state index is 10.5. The van der Waals surface area contributed by atoms with Gasteiger partial charge in [-0.25, -0.2) is 12.7 Å². The van der Waals surface area contributed by atoms with E-state index in [1.54, 1.807) is 0 Å². The van der Waals surface area contributed by atoms with Gasteiger partial charge in [0.1, 0.15) is 0 Å². The van der Waals surface area contributed by atoms with E-state index in [4.69, 9.17) is 0 Å². The molecule has 0 bridgehead atoms. The van der Waals surface area contributed by atoms with Crippen molar-refractivity contribution >= 4 is 10.9 Å². The Morgan fingerprint density at radius 2 is 2.18 bits per heavy atom. The Hall–Kier alpha value is -0.130. The van der Waals surface area contributed by atoms with E-state index in [0.717, 1.165) is 6.42 Å². The summed E-state index contributed by atoms with van der Waals surface area (Å²) in [5.41, 5.74) is 0. The van der Waals surface area contributed by atoms with Gasteiger partial charge in [0.15, 0.2) is 0 Å². The van der Waals surface area contributed by atoms with Crippen molar-refractivity contribution in [2.24, 2.45) is 5.92 Å². The SMILES string of the molecule is CCC1CN([SH](=O)=O)CC1O. The van der Waals surface area contributed by atoms with Crippen LogP contribution < -0.4 is 0 Å². The Labute approximate surface area is 67.9 Å². The molecule has 0 aliphatic carbocycles. The van der Waals surface area contributed by atoms with E-state index in [-0.39, 0.29) is 12.5 Å². The number of aliphatic hydroxyl groups is 1. The largest absolute Gasteiger partial charge is 0.391 e. The van der Waals surface area contributed by atoms with E-state index in [1.807, 2.05) is 6.92 Å². The fourth-order valence-corrected chi connectivity index (χ4v) is 2.01. The number of aliphatic hydroxyl groups excluding tert-OH is 1. The topological polar surface area (TPSA) is 57.6 Å². The Kier molecular flexibility index (Phi) is 2.86. The minimum absolute atomic E-state index is 0.128. The molecular formula is C6H13NO3S. The van der Waals surface area contributed by atoms with Gasteiger partial charge >= 0.3 is 0 Å². The summed E-state index contributed by atoms with van der Waals surface area (Å²) < 4.78 is 22.2. The fraction of sp³-hybridized carbons (Fsp3) is 1.00. The molecule has 1 saturated heterocycles. The summed E-state index contributed by atoms with van der Waals surface area (Å²) >= 11 is 0. The second kappa shape index (κ2) is 3.51. The molecule has 1 heterocycles. The fourth-order valence-electron chi connectivity index (χ4n) is 1.37. The van der Waals surface area contributed by atoms with E-state index < -0.39 is 17.0 Å². The highest BCUT2D eigenvalue weighted by atomic mass is 32.2. The number of nitrogens with zero attached hydrogens (tertiary/aromatic N) is 1. The van der Waals surface area contributed by atoms with Crippen molar-refractivity contribution in [1.29, 1.82) is 0 Å². The lowest BCUT2D eigenvalue weighted by Gasteiger charge is -2.07. The number of thiol groups is 1. The highest BCUT2D eigenvalue weighted by Gasteiger charge is 2.30. The van der Waals surface area contributed by atoms with Crippen LogP contribution in [0.25, 0.3) is 0 Å². The van der Waals surface area contributed by atoms with Crippen LogP contribution in [-0.4, -0.2) is 37.0 Å². The predicted octanol–water partition coefficient (Wildman–Crippen LogP) is -0.785. The van der Waals surface area contributed by atoms with Gasteiger partial charge < -0.3 is 5.11 Å². The van der Waals surface area contributed by atoms with Crippen molar-refractivity contribution in [3.8, 4) is 0 Å². The van der Waals surface area contributed by atoms with Crippen molar-refractivity contribution in [1.82, 2.24) is 4.31 Å². The molecule has 11 heavy (non-hydrogen) atoms. The molecule has 66 valence electrons. The van der Waals surface area contributed by atoms with Gasteiger partial charge in [0, 0.05) is 13.1 Å². The van der Waals surface area contributed by atoms with E-state index in [0.29, 0.717) is 6.54 Å². The van der Waals surface area contributed by atoms with Crippen LogP contribution in [0.5, 0.6) is 0 Å². The average Bonchev–Trinajstić information content (AvgIpc) is 2.31. The maximum Gasteiger partial charge on any atom is 0.204 e. The van der Waals surface area contributed by atoms with Crippen molar-refractivity contribution in [2.45, 2.75) is 19.4 Å². The second-order valence-corrected chi connectivity index (χ2v) is 3.89. The number of rotatable bonds is 2. The van der Waals surface area contributed by atoms with E-state index in [9.17, 15) is 13.5 Å². The first-order chi connectivity index (χ1) is 5.15. The molecule has 0 saturated carbocycles. The van der Waals surface area contributed by atoms with Crippen LogP contribution in [-0.2, 0) is 10.9 Å². The molecule has 1 aliphatic heterocycles. The first-order valence-electron chi connectivity index (χ1n) is 3.72.